The van der Waals surface area contributed by atoms with Gasteiger partial charge in [-0.15, -0.1) is 0 Å². The monoisotopic (exact) mass is 237 g/mol. The fourth-order valence-corrected chi connectivity index (χ4v) is 2.91. The molecule has 1 heteroatoms. The molecule has 0 aromatic heterocycles. The summed E-state index contributed by atoms with van der Waals surface area (Å²) < 4.78 is 0. The van der Waals surface area contributed by atoms with Crippen LogP contribution in [0.2, 0.25) is 0 Å². The van der Waals surface area contributed by atoms with Crippen LogP contribution in [-0.4, -0.2) is 12.6 Å². The SMILES string of the molecule is C/C=C/CCNC1CCC(C(C)(C)CC)CC1. The molecule has 100 valence electrons. The maximum Gasteiger partial charge on any atom is 0.00673 e. The molecule has 0 spiro atoms. The largest absolute Gasteiger partial charge is 0.314 e. The molecule has 1 aliphatic carbocycles. The van der Waals surface area contributed by atoms with Crippen molar-refractivity contribution < 1.29 is 0 Å². The van der Waals surface area contributed by atoms with Crippen LogP contribution in [0.5, 0.6) is 0 Å². The molecule has 0 heterocycles. The Bertz CT molecular complexity index is 222. The minimum atomic E-state index is 0.552. The first-order chi connectivity index (χ1) is 8.10. The van der Waals surface area contributed by atoms with Crippen LogP contribution in [-0.2, 0) is 0 Å². The van der Waals surface area contributed by atoms with Crippen molar-refractivity contribution in [2.75, 3.05) is 6.54 Å². The fraction of sp³-hybridized carbons (Fsp3) is 0.875. The minimum Gasteiger partial charge on any atom is -0.314 e. The van der Waals surface area contributed by atoms with Gasteiger partial charge < -0.3 is 5.32 Å². The third kappa shape index (κ3) is 4.83. The summed E-state index contributed by atoms with van der Waals surface area (Å²) in [6, 6.07) is 0.782. The maximum atomic E-state index is 3.70. The van der Waals surface area contributed by atoms with Gasteiger partial charge in [0.1, 0.15) is 0 Å². The van der Waals surface area contributed by atoms with Gasteiger partial charge in [0.2, 0.25) is 0 Å². The summed E-state index contributed by atoms with van der Waals surface area (Å²) in [7, 11) is 0. The molecule has 17 heavy (non-hydrogen) atoms. The second-order valence-corrected chi connectivity index (χ2v) is 6.20. The topological polar surface area (TPSA) is 12.0 Å². The number of allylic oxidation sites excluding steroid dienone is 1. The zero-order valence-corrected chi connectivity index (χ0v) is 12.3. The van der Waals surface area contributed by atoms with Crippen LogP contribution >= 0.6 is 0 Å². The summed E-state index contributed by atoms with van der Waals surface area (Å²) >= 11 is 0. The summed E-state index contributed by atoms with van der Waals surface area (Å²) in [5.41, 5.74) is 0.552. The van der Waals surface area contributed by atoms with Crippen molar-refractivity contribution in [3.63, 3.8) is 0 Å². The van der Waals surface area contributed by atoms with Crippen LogP contribution in [0.25, 0.3) is 0 Å². The summed E-state index contributed by atoms with van der Waals surface area (Å²) in [6.07, 6.45) is 12.5. The van der Waals surface area contributed by atoms with E-state index in [1.807, 2.05) is 0 Å². The second-order valence-electron chi connectivity index (χ2n) is 6.20. The lowest BCUT2D eigenvalue weighted by molar-refractivity contribution is 0.137. The Morgan fingerprint density at radius 3 is 2.35 bits per heavy atom. The van der Waals surface area contributed by atoms with Crippen LogP contribution < -0.4 is 5.32 Å². The molecule has 1 rings (SSSR count). The predicted octanol–water partition coefficient (Wildman–Crippen LogP) is 4.54. The zero-order valence-electron chi connectivity index (χ0n) is 12.3. The number of rotatable bonds is 6. The first kappa shape index (κ1) is 14.8. The van der Waals surface area contributed by atoms with Gasteiger partial charge in [-0.3, -0.25) is 0 Å². The molecular formula is C16H31N. The average Bonchev–Trinajstić information content (AvgIpc) is 2.35. The Morgan fingerprint density at radius 2 is 1.82 bits per heavy atom. The van der Waals surface area contributed by atoms with E-state index in [1.54, 1.807) is 0 Å². The Hall–Kier alpha value is -0.300. The van der Waals surface area contributed by atoms with Crippen molar-refractivity contribution in [1.29, 1.82) is 0 Å². The van der Waals surface area contributed by atoms with Gasteiger partial charge in [-0.25, -0.2) is 0 Å². The summed E-state index contributed by atoms with van der Waals surface area (Å²) in [4.78, 5) is 0. The Balaban J connectivity index is 2.22. The molecular weight excluding hydrogens is 206 g/mol. The van der Waals surface area contributed by atoms with Gasteiger partial charge >= 0.3 is 0 Å². The van der Waals surface area contributed by atoms with Crippen molar-refractivity contribution in [2.24, 2.45) is 11.3 Å². The molecule has 0 aromatic rings. The van der Waals surface area contributed by atoms with Crippen LogP contribution in [0.1, 0.15) is 66.2 Å². The van der Waals surface area contributed by atoms with E-state index in [4.69, 9.17) is 0 Å². The molecule has 0 amide bonds. The summed E-state index contributed by atoms with van der Waals surface area (Å²) in [6.45, 7) is 10.5. The van der Waals surface area contributed by atoms with E-state index in [1.165, 1.54) is 38.5 Å². The van der Waals surface area contributed by atoms with Gasteiger partial charge in [-0.2, -0.15) is 0 Å². The normalized spacial score (nSPS) is 26.6. The lowest BCUT2D eigenvalue weighted by Crippen LogP contribution is -2.37. The Kier molecular flexibility index (Phi) is 6.26. The molecule has 0 saturated heterocycles. The molecule has 1 aliphatic rings. The van der Waals surface area contributed by atoms with Gasteiger partial charge in [0.15, 0.2) is 0 Å². The Labute approximate surface area is 108 Å². The molecule has 0 atom stereocenters. The van der Waals surface area contributed by atoms with Crippen molar-refractivity contribution >= 4 is 0 Å². The van der Waals surface area contributed by atoms with Gasteiger partial charge in [-0.1, -0.05) is 39.3 Å². The molecule has 0 bridgehead atoms. The van der Waals surface area contributed by atoms with E-state index >= 15 is 0 Å². The molecule has 0 aromatic carbocycles. The highest BCUT2D eigenvalue weighted by Crippen LogP contribution is 2.40. The lowest BCUT2D eigenvalue weighted by atomic mass is 9.69. The number of nitrogens with one attached hydrogen (secondary N) is 1. The van der Waals surface area contributed by atoms with Gasteiger partial charge in [0.25, 0.3) is 0 Å². The van der Waals surface area contributed by atoms with Crippen molar-refractivity contribution in [2.45, 2.75) is 72.3 Å². The number of hydrogen-bond donors (Lipinski definition) is 1. The van der Waals surface area contributed by atoms with Crippen LogP contribution in [0.3, 0.4) is 0 Å². The fourth-order valence-electron chi connectivity index (χ4n) is 2.91. The number of hydrogen-bond acceptors (Lipinski definition) is 1. The van der Waals surface area contributed by atoms with E-state index < -0.39 is 0 Å². The molecule has 0 aliphatic heterocycles. The lowest BCUT2D eigenvalue weighted by Gasteiger charge is -2.39. The quantitative estimate of drug-likeness (QED) is 0.528. The highest BCUT2D eigenvalue weighted by Gasteiger charge is 2.31. The van der Waals surface area contributed by atoms with E-state index in [0.29, 0.717) is 5.41 Å². The van der Waals surface area contributed by atoms with E-state index in [-0.39, 0.29) is 0 Å². The van der Waals surface area contributed by atoms with E-state index in [9.17, 15) is 0 Å². The van der Waals surface area contributed by atoms with Gasteiger partial charge in [0.05, 0.1) is 0 Å². The highest BCUT2D eigenvalue weighted by molar-refractivity contribution is 4.85. The zero-order chi connectivity index (χ0) is 12.7. The molecule has 1 N–H and O–H groups in total. The van der Waals surface area contributed by atoms with E-state index in [0.717, 1.165) is 18.5 Å². The molecule has 1 nitrogen and oxygen atoms in total. The molecule has 0 unspecified atom stereocenters. The summed E-state index contributed by atoms with van der Waals surface area (Å²) in [5, 5.41) is 3.70. The highest BCUT2D eigenvalue weighted by atomic mass is 14.9. The smallest absolute Gasteiger partial charge is 0.00673 e. The van der Waals surface area contributed by atoms with Crippen molar-refractivity contribution in [3.8, 4) is 0 Å². The standard InChI is InChI=1S/C16H31N/c1-5-7-8-13-17-15-11-9-14(10-12-15)16(3,4)6-2/h5,7,14-15,17H,6,8-13H2,1-4H3/b7-5+. The maximum absolute atomic E-state index is 3.70. The van der Waals surface area contributed by atoms with Gasteiger partial charge in [-0.05, 0) is 56.9 Å². The predicted molar refractivity (Wildman–Crippen MR) is 77.3 cm³/mol. The van der Waals surface area contributed by atoms with Gasteiger partial charge in [0, 0.05) is 6.04 Å². The van der Waals surface area contributed by atoms with Crippen molar-refractivity contribution in [3.05, 3.63) is 12.2 Å². The van der Waals surface area contributed by atoms with Crippen LogP contribution in [0.15, 0.2) is 12.2 Å². The van der Waals surface area contributed by atoms with Crippen molar-refractivity contribution in [1.82, 2.24) is 5.32 Å². The average molecular weight is 237 g/mol. The second kappa shape index (κ2) is 7.20. The van der Waals surface area contributed by atoms with E-state index in [2.05, 4.69) is 45.2 Å². The molecule has 0 radical (unpaired) electrons. The molecule has 1 fully saturated rings. The first-order valence-corrected chi connectivity index (χ1v) is 7.44. The molecule has 1 saturated carbocycles. The summed E-state index contributed by atoms with van der Waals surface area (Å²) in [5.74, 6) is 0.945. The van der Waals surface area contributed by atoms with Crippen LogP contribution in [0.4, 0.5) is 0 Å². The third-order valence-corrected chi connectivity index (χ3v) is 4.72. The Morgan fingerprint density at radius 1 is 1.18 bits per heavy atom. The minimum absolute atomic E-state index is 0.552. The first-order valence-electron chi connectivity index (χ1n) is 7.44. The van der Waals surface area contributed by atoms with Crippen LogP contribution in [0, 0.1) is 11.3 Å². The third-order valence-electron chi connectivity index (χ3n) is 4.72.